The van der Waals surface area contributed by atoms with Crippen LogP contribution in [-0.2, 0) is 11.2 Å². The molecule has 5 heteroatoms. The van der Waals surface area contributed by atoms with Crippen molar-refractivity contribution in [2.24, 2.45) is 0 Å². The number of nitrogens with zero attached hydrogens (tertiary/aromatic N) is 1. The molecular formula is C11H16N4O. The van der Waals surface area contributed by atoms with Crippen LogP contribution >= 0.6 is 0 Å². The fourth-order valence-corrected chi connectivity index (χ4v) is 2.83. The van der Waals surface area contributed by atoms with Gasteiger partial charge in [-0.25, -0.2) is 0 Å². The van der Waals surface area contributed by atoms with Crippen molar-refractivity contribution >= 4 is 11.7 Å². The van der Waals surface area contributed by atoms with E-state index in [1.54, 1.807) is 0 Å². The number of piperidine rings is 1. The molecule has 0 aromatic carbocycles. The zero-order chi connectivity index (χ0) is 11.1. The summed E-state index contributed by atoms with van der Waals surface area (Å²) in [6, 6.07) is 0.944. The van der Waals surface area contributed by atoms with Crippen LogP contribution in [0.5, 0.6) is 0 Å². The zero-order valence-electron chi connectivity index (χ0n) is 9.34. The van der Waals surface area contributed by atoms with E-state index in [1.165, 1.54) is 31.0 Å². The molecule has 1 aromatic heterocycles. The Hall–Kier alpha value is -1.36. The molecule has 1 amide bonds. The predicted molar refractivity (Wildman–Crippen MR) is 60.1 cm³/mol. The van der Waals surface area contributed by atoms with Gasteiger partial charge in [-0.2, -0.15) is 5.10 Å². The number of H-pyrrole nitrogens is 1. The summed E-state index contributed by atoms with van der Waals surface area (Å²) in [7, 11) is 0. The van der Waals surface area contributed by atoms with Crippen molar-refractivity contribution in [1.82, 2.24) is 15.5 Å². The van der Waals surface area contributed by atoms with Gasteiger partial charge in [0, 0.05) is 36.7 Å². The van der Waals surface area contributed by atoms with Crippen molar-refractivity contribution in [3.8, 4) is 0 Å². The highest BCUT2D eigenvalue weighted by molar-refractivity contribution is 5.88. The van der Waals surface area contributed by atoms with Crippen LogP contribution in [0.1, 0.15) is 43.5 Å². The lowest BCUT2D eigenvalue weighted by Gasteiger charge is -2.35. The summed E-state index contributed by atoms with van der Waals surface area (Å²) in [6.45, 7) is 1.51. The van der Waals surface area contributed by atoms with E-state index in [2.05, 4.69) is 20.8 Å². The van der Waals surface area contributed by atoms with E-state index in [1.807, 2.05) is 0 Å². The van der Waals surface area contributed by atoms with Gasteiger partial charge in [0.2, 0.25) is 5.91 Å². The van der Waals surface area contributed by atoms with Crippen molar-refractivity contribution in [2.75, 3.05) is 5.32 Å². The van der Waals surface area contributed by atoms with Crippen LogP contribution in [0.25, 0.3) is 0 Å². The van der Waals surface area contributed by atoms with Gasteiger partial charge in [-0.15, -0.1) is 0 Å². The highest BCUT2D eigenvalue weighted by Crippen LogP contribution is 2.37. The van der Waals surface area contributed by atoms with Gasteiger partial charge in [0.1, 0.15) is 0 Å². The van der Waals surface area contributed by atoms with E-state index in [9.17, 15) is 4.79 Å². The maximum atomic E-state index is 11.1. The van der Waals surface area contributed by atoms with E-state index in [0.717, 1.165) is 12.8 Å². The van der Waals surface area contributed by atoms with E-state index < -0.39 is 0 Å². The Morgan fingerprint density at radius 2 is 2.38 bits per heavy atom. The highest BCUT2D eigenvalue weighted by atomic mass is 16.1. The molecule has 0 radical (unpaired) electrons. The Labute approximate surface area is 94.0 Å². The van der Waals surface area contributed by atoms with Crippen molar-refractivity contribution in [1.29, 1.82) is 0 Å². The summed E-state index contributed by atoms with van der Waals surface area (Å²) in [6.07, 6.45) is 4.63. The molecule has 0 saturated carbocycles. The Balaban J connectivity index is 1.96. The summed E-state index contributed by atoms with van der Waals surface area (Å²) in [5.74, 6) is 0.646. The normalized spacial score (nSPS) is 27.3. The number of amides is 1. The molecule has 2 aliphatic rings. The molecule has 3 rings (SSSR count). The number of nitrogens with one attached hydrogen (secondary N) is 3. The molecule has 3 heterocycles. The fourth-order valence-electron chi connectivity index (χ4n) is 2.83. The minimum atomic E-state index is -0.0627. The van der Waals surface area contributed by atoms with Crippen molar-refractivity contribution < 1.29 is 4.79 Å². The summed E-state index contributed by atoms with van der Waals surface area (Å²) >= 11 is 0. The van der Waals surface area contributed by atoms with Gasteiger partial charge >= 0.3 is 0 Å². The summed E-state index contributed by atoms with van der Waals surface area (Å²) in [5.41, 5.74) is 2.36. The monoisotopic (exact) mass is 220 g/mol. The average Bonchev–Trinajstić information content (AvgIpc) is 2.61. The van der Waals surface area contributed by atoms with Gasteiger partial charge in [0.05, 0.1) is 0 Å². The van der Waals surface area contributed by atoms with Gasteiger partial charge in [-0.05, 0) is 19.3 Å². The maximum absolute atomic E-state index is 11.1. The van der Waals surface area contributed by atoms with Crippen LogP contribution in [0.15, 0.2) is 0 Å². The molecule has 2 bridgehead atoms. The number of anilines is 1. The standard InChI is InChI=1S/C11H16N4O/c1-6(16)12-11-10-8-4-2-3-7(13-8)5-9(10)14-15-11/h7-8,13H,2-5H2,1H3,(H2,12,14,15,16). The van der Waals surface area contributed by atoms with Crippen molar-refractivity contribution in [3.05, 3.63) is 11.3 Å². The van der Waals surface area contributed by atoms with Gasteiger partial charge in [-0.3, -0.25) is 9.89 Å². The van der Waals surface area contributed by atoms with Crippen molar-refractivity contribution in [3.63, 3.8) is 0 Å². The maximum Gasteiger partial charge on any atom is 0.222 e. The molecule has 86 valence electrons. The van der Waals surface area contributed by atoms with E-state index in [4.69, 9.17) is 0 Å². The second kappa shape index (κ2) is 3.59. The number of rotatable bonds is 1. The summed E-state index contributed by atoms with van der Waals surface area (Å²) in [4.78, 5) is 11.1. The van der Waals surface area contributed by atoms with E-state index in [-0.39, 0.29) is 5.91 Å². The van der Waals surface area contributed by atoms with Crippen LogP contribution in [0.4, 0.5) is 5.82 Å². The van der Waals surface area contributed by atoms with Crippen LogP contribution in [-0.4, -0.2) is 22.1 Å². The van der Waals surface area contributed by atoms with E-state index >= 15 is 0 Å². The smallest absolute Gasteiger partial charge is 0.222 e. The molecule has 2 aliphatic heterocycles. The lowest BCUT2D eigenvalue weighted by Crippen LogP contribution is -2.42. The highest BCUT2D eigenvalue weighted by Gasteiger charge is 2.33. The number of aromatic nitrogens is 2. The van der Waals surface area contributed by atoms with Crippen LogP contribution in [0.2, 0.25) is 0 Å². The summed E-state index contributed by atoms with van der Waals surface area (Å²) in [5, 5.41) is 13.6. The molecule has 0 spiro atoms. The van der Waals surface area contributed by atoms with Gasteiger partial charge in [-0.1, -0.05) is 0 Å². The molecule has 1 aromatic rings. The third-order valence-corrected chi connectivity index (χ3v) is 3.46. The first kappa shape index (κ1) is 9.84. The SMILES string of the molecule is CC(=O)Nc1n[nH]c2c1C1CCCC(C2)N1. The quantitative estimate of drug-likeness (QED) is 0.664. The Kier molecular flexibility index (Phi) is 2.21. The average molecular weight is 220 g/mol. The first-order valence-electron chi connectivity index (χ1n) is 5.85. The van der Waals surface area contributed by atoms with Gasteiger partial charge in [0.15, 0.2) is 5.82 Å². The number of carbonyl (C=O) groups is 1. The third kappa shape index (κ3) is 1.51. The van der Waals surface area contributed by atoms with Gasteiger partial charge in [0.25, 0.3) is 0 Å². The molecule has 5 nitrogen and oxygen atoms in total. The van der Waals surface area contributed by atoms with Crippen LogP contribution in [0.3, 0.4) is 0 Å². The fraction of sp³-hybridized carbons (Fsp3) is 0.636. The Morgan fingerprint density at radius 1 is 1.50 bits per heavy atom. The minimum absolute atomic E-state index is 0.0627. The lowest BCUT2D eigenvalue weighted by molar-refractivity contribution is -0.114. The number of hydrogen-bond acceptors (Lipinski definition) is 3. The lowest BCUT2D eigenvalue weighted by atomic mass is 9.85. The molecule has 1 saturated heterocycles. The van der Waals surface area contributed by atoms with E-state index in [0.29, 0.717) is 17.9 Å². The number of hydrogen-bond donors (Lipinski definition) is 3. The number of aromatic amines is 1. The molecule has 0 aliphatic carbocycles. The molecule has 16 heavy (non-hydrogen) atoms. The van der Waals surface area contributed by atoms with Crippen molar-refractivity contribution in [2.45, 2.75) is 44.7 Å². The number of fused-ring (bicyclic) bond motifs is 4. The first-order chi connectivity index (χ1) is 7.74. The Bertz CT molecular complexity index is 426. The largest absolute Gasteiger partial charge is 0.309 e. The second-order valence-electron chi connectivity index (χ2n) is 4.70. The Morgan fingerprint density at radius 3 is 3.19 bits per heavy atom. The van der Waals surface area contributed by atoms with Crippen LogP contribution < -0.4 is 10.6 Å². The molecule has 2 unspecified atom stereocenters. The molecule has 1 fully saturated rings. The molecular weight excluding hydrogens is 204 g/mol. The molecule has 2 atom stereocenters. The first-order valence-corrected chi connectivity index (χ1v) is 5.85. The third-order valence-electron chi connectivity index (χ3n) is 3.46. The van der Waals surface area contributed by atoms with Gasteiger partial charge < -0.3 is 10.6 Å². The minimum Gasteiger partial charge on any atom is -0.309 e. The number of carbonyl (C=O) groups excluding carboxylic acids is 1. The second-order valence-corrected chi connectivity index (χ2v) is 4.70. The zero-order valence-corrected chi connectivity index (χ0v) is 9.34. The predicted octanol–water partition coefficient (Wildman–Crippen LogP) is 1.11. The van der Waals surface area contributed by atoms with Crippen LogP contribution in [0, 0.1) is 0 Å². The summed E-state index contributed by atoms with van der Waals surface area (Å²) < 4.78 is 0. The molecule has 3 N–H and O–H groups in total. The topological polar surface area (TPSA) is 69.8 Å².